The molecule has 1 fully saturated rings. The monoisotopic (exact) mass is 713 g/mol. The standard InChI is InChI=1S/C43H47N5O5/c44-32-11-13-33(14-12-32)53-43(52)46-37-25-28(9-15-34(37)30-7-2-1-3-8-30)6-4-5-22-48-23-21-31-24-29(10-18-38(31)48)26-45-27-40(50)35-16-19-39(49)42-36(35)17-20-41(51)47-42/h1-3,7-10,15-21,23-25,32-33,40,45,49-50H,4-6,11-14,22,26-27,44H2,(H,46,52)(H,47,51)/t32?,33?,40-/m0/s1. The van der Waals surface area contributed by atoms with Gasteiger partial charge in [0.1, 0.15) is 11.9 Å². The number of nitrogens with zero attached hydrogens (tertiary/aromatic N) is 1. The number of nitrogens with one attached hydrogen (secondary N) is 3. The van der Waals surface area contributed by atoms with Crippen molar-refractivity contribution >= 4 is 33.6 Å². The summed E-state index contributed by atoms with van der Waals surface area (Å²) in [6, 6.07) is 31.3. The van der Waals surface area contributed by atoms with Crippen LogP contribution in [0.2, 0.25) is 0 Å². The van der Waals surface area contributed by atoms with Gasteiger partial charge >= 0.3 is 6.09 Å². The van der Waals surface area contributed by atoms with Gasteiger partial charge in [0.05, 0.1) is 17.3 Å². The van der Waals surface area contributed by atoms with Crippen LogP contribution in [0.3, 0.4) is 0 Å². The number of phenolic OH excluding ortho intramolecular Hbond substituents is 1. The van der Waals surface area contributed by atoms with Gasteiger partial charge in [0, 0.05) is 54.4 Å². The predicted molar refractivity (Wildman–Crippen MR) is 210 cm³/mol. The second-order valence-electron chi connectivity index (χ2n) is 14.1. The second-order valence-corrected chi connectivity index (χ2v) is 14.1. The summed E-state index contributed by atoms with van der Waals surface area (Å²) < 4.78 is 8.07. The number of aromatic nitrogens is 2. The van der Waals surface area contributed by atoms with Crippen molar-refractivity contribution in [1.29, 1.82) is 0 Å². The Hall–Kier alpha value is -5.42. The van der Waals surface area contributed by atoms with Crippen LogP contribution in [-0.2, 0) is 24.2 Å². The number of hydrogen-bond donors (Lipinski definition) is 6. The molecule has 274 valence electrons. The number of carbonyl (C=O) groups is 1. The number of aromatic amines is 1. The Labute approximate surface area is 308 Å². The lowest BCUT2D eigenvalue weighted by Gasteiger charge is -2.26. The third-order valence-electron chi connectivity index (χ3n) is 10.3. The average Bonchev–Trinajstić information content (AvgIpc) is 3.57. The van der Waals surface area contributed by atoms with Gasteiger partial charge in [-0.1, -0.05) is 54.6 Å². The number of rotatable bonds is 13. The van der Waals surface area contributed by atoms with E-state index in [1.54, 1.807) is 12.1 Å². The number of aliphatic hydroxyl groups is 1. The average molecular weight is 714 g/mol. The lowest BCUT2D eigenvalue weighted by molar-refractivity contribution is 0.0826. The maximum atomic E-state index is 13.0. The van der Waals surface area contributed by atoms with Crippen molar-refractivity contribution in [1.82, 2.24) is 14.9 Å². The van der Waals surface area contributed by atoms with E-state index in [0.29, 0.717) is 29.6 Å². The molecule has 7 N–H and O–H groups in total. The number of H-pyrrole nitrogens is 1. The maximum Gasteiger partial charge on any atom is 0.411 e. The number of aryl methyl sites for hydroxylation is 2. The Morgan fingerprint density at radius 1 is 0.925 bits per heavy atom. The number of ether oxygens (including phenoxy) is 1. The van der Waals surface area contributed by atoms with Gasteiger partial charge in [-0.2, -0.15) is 0 Å². The van der Waals surface area contributed by atoms with Crippen LogP contribution in [0.25, 0.3) is 32.9 Å². The summed E-state index contributed by atoms with van der Waals surface area (Å²) in [5.74, 6) is -0.0288. The molecule has 0 spiro atoms. The van der Waals surface area contributed by atoms with E-state index in [-0.39, 0.29) is 23.5 Å². The van der Waals surface area contributed by atoms with E-state index in [1.165, 1.54) is 17.6 Å². The number of anilines is 1. The molecule has 53 heavy (non-hydrogen) atoms. The molecule has 7 rings (SSSR count). The van der Waals surface area contributed by atoms with E-state index in [0.717, 1.165) is 84.8 Å². The molecule has 1 atom stereocenters. The molecule has 0 radical (unpaired) electrons. The number of fused-ring (bicyclic) bond motifs is 2. The Bertz CT molecular complexity index is 2240. The van der Waals surface area contributed by atoms with Gasteiger partial charge < -0.3 is 35.6 Å². The molecule has 0 bridgehead atoms. The number of phenols is 1. The summed E-state index contributed by atoms with van der Waals surface area (Å²) in [5, 5.41) is 29.2. The molecule has 6 aromatic rings. The number of hydrogen-bond acceptors (Lipinski definition) is 7. The molecule has 0 unspecified atom stereocenters. The Morgan fingerprint density at radius 3 is 2.57 bits per heavy atom. The van der Waals surface area contributed by atoms with Crippen LogP contribution in [0.4, 0.5) is 10.5 Å². The first-order valence-electron chi connectivity index (χ1n) is 18.5. The van der Waals surface area contributed by atoms with E-state index < -0.39 is 12.2 Å². The molecule has 2 heterocycles. The van der Waals surface area contributed by atoms with Crippen molar-refractivity contribution in [2.24, 2.45) is 5.73 Å². The molecule has 0 saturated heterocycles. The second kappa shape index (κ2) is 16.5. The highest BCUT2D eigenvalue weighted by Crippen LogP contribution is 2.31. The summed E-state index contributed by atoms with van der Waals surface area (Å²) in [4.78, 5) is 27.4. The number of unbranched alkanes of at least 4 members (excludes halogenated alkanes) is 1. The molecule has 4 aromatic carbocycles. The minimum atomic E-state index is -0.818. The summed E-state index contributed by atoms with van der Waals surface area (Å²) in [6.45, 7) is 1.78. The van der Waals surface area contributed by atoms with Gasteiger partial charge in [0.2, 0.25) is 5.56 Å². The van der Waals surface area contributed by atoms with E-state index in [4.69, 9.17) is 10.5 Å². The molecule has 1 aliphatic carbocycles. The van der Waals surface area contributed by atoms with Gasteiger partial charge in [-0.3, -0.25) is 10.1 Å². The predicted octanol–water partition coefficient (Wildman–Crippen LogP) is 7.52. The highest BCUT2D eigenvalue weighted by Gasteiger charge is 2.22. The van der Waals surface area contributed by atoms with E-state index in [2.05, 4.69) is 68.8 Å². The highest BCUT2D eigenvalue weighted by molar-refractivity contribution is 5.92. The largest absolute Gasteiger partial charge is 0.506 e. The Balaban J connectivity index is 0.924. The van der Waals surface area contributed by atoms with Crippen molar-refractivity contribution in [2.45, 2.75) is 76.3 Å². The van der Waals surface area contributed by atoms with Crippen molar-refractivity contribution in [2.75, 3.05) is 11.9 Å². The Morgan fingerprint density at radius 2 is 1.74 bits per heavy atom. The zero-order valence-electron chi connectivity index (χ0n) is 29.8. The topological polar surface area (TPSA) is 155 Å². The molecule has 10 heteroatoms. The molecular weight excluding hydrogens is 667 g/mol. The minimum Gasteiger partial charge on any atom is -0.506 e. The fourth-order valence-electron chi connectivity index (χ4n) is 7.40. The molecule has 10 nitrogen and oxygen atoms in total. The first-order chi connectivity index (χ1) is 25.8. The zero-order valence-corrected chi connectivity index (χ0v) is 29.8. The lowest BCUT2D eigenvalue weighted by atomic mass is 9.94. The minimum absolute atomic E-state index is 0.0288. The number of aromatic hydroxyl groups is 1. The highest BCUT2D eigenvalue weighted by atomic mass is 16.6. The SMILES string of the molecule is NC1CCC(OC(=O)Nc2cc(CCCCn3ccc4cc(CNC[C@H](O)c5ccc(O)c6[nH]c(=O)ccc56)ccc43)ccc2-c2ccccc2)CC1. The van der Waals surface area contributed by atoms with Crippen molar-refractivity contribution in [3.8, 4) is 16.9 Å². The molecule has 1 amide bonds. The fourth-order valence-corrected chi connectivity index (χ4v) is 7.40. The van der Waals surface area contributed by atoms with Gasteiger partial charge in [0.25, 0.3) is 0 Å². The smallest absolute Gasteiger partial charge is 0.411 e. The number of amides is 1. The first kappa shape index (κ1) is 36.0. The van der Waals surface area contributed by atoms with Crippen LogP contribution in [0.5, 0.6) is 5.75 Å². The van der Waals surface area contributed by atoms with Gasteiger partial charge in [-0.05, 0) is 109 Å². The fraction of sp³-hybridized carbons (Fsp3) is 0.302. The zero-order chi connectivity index (χ0) is 36.7. The molecule has 1 saturated carbocycles. The van der Waals surface area contributed by atoms with Crippen LogP contribution in [0.1, 0.15) is 61.3 Å². The van der Waals surface area contributed by atoms with Crippen LogP contribution < -0.4 is 21.9 Å². The number of aliphatic hydroxyl groups excluding tert-OH is 1. The number of nitrogens with two attached hydrogens (primary N) is 1. The summed E-state index contributed by atoms with van der Waals surface area (Å²) >= 11 is 0. The number of benzene rings is 4. The van der Waals surface area contributed by atoms with E-state index >= 15 is 0 Å². The number of pyridine rings is 1. The quantitative estimate of drug-likeness (QED) is 0.0677. The van der Waals surface area contributed by atoms with E-state index in [9.17, 15) is 19.8 Å². The van der Waals surface area contributed by atoms with E-state index in [1.807, 2.05) is 30.3 Å². The molecule has 0 aliphatic heterocycles. The molecular formula is C43H47N5O5. The lowest BCUT2D eigenvalue weighted by Crippen LogP contribution is -2.32. The van der Waals surface area contributed by atoms with Gasteiger partial charge in [0.15, 0.2) is 0 Å². The third kappa shape index (κ3) is 8.80. The first-order valence-corrected chi connectivity index (χ1v) is 18.5. The summed E-state index contributed by atoms with van der Waals surface area (Å²) in [7, 11) is 0. The van der Waals surface area contributed by atoms with Gasteiger partial charge in [-0.25, -0.2) is 4.79 Å². The van der Waals surface area contributed by atoms with Crippen molar-refractivity contribution < 1.29 is 19.7 Å². The Kier molecular flexibility index (Phi) is 11.2. The summed E-state index contributed by atoms with van der Waals surface area (Å²) in [5.41, 5.74) is 12.9. The van der Waals surface area contributed by atoms with Crippen molar-refractivity contribution in [3.05, 3.63) is 130 Å². The van der Waals surface area contributed by atoms with Crippen LogP contribution >= 0.6 is 0 Å². The van der Waals surface area contributed by atoms with Crippen LogP contribution in [0, 0.1) is 0 Å². The normalized spacial score (nSPS) is 16.5. The molecule has 2 aromatic heterocycles. The number of carbonyl (C=O) groups excluding carboxylic acids is 1. The van der Waals surface area contributed by atoms with Crippen LogP contribution in [-0.4, -0.2) is 44.5 Å². The van der Waals surface area contributed by atoms with Crippen molar-refractivity contribution in [3.63, 3.8) is 0 Å². The van der Waals surface area contributed by atoms with Gasteiger partial charge in [-0.15, -0.1) is 0 Å². The maximum absolute atomic E-state index is 13.0. The third-order valence-corrected chi connectivity index (χ3v) is 10.3. The van der Waals surface area contributed by atoms with Crippen LogP contribution in [0.15, 0.2) is 108 Å². The molecule has 1 aliphatic rings. The summed E-state index contributed by atoms with van der Waals surface area (Å²) in [6.07, 6.45) is 7.03.